The summed E-state index contributed by atoms with van der Waals surface area (Å²) in [6.45, 7) is 1.91. The summed E-state index contributed by atoms with van der Waals surface area (Å²) < 4.78 is 6.78. The number of aromatic amines is 1. The molecule has 0 aliphatic carbocycles. The van der Waals surface area contributed by atoms with Gasteiger partial charge in [-0.1, -0.05) is 37.3 Å². The molecule has 0 unspecified atom stereocenters. The highest BCUT2D eigenvalue weighted by Gasteiger charge is 2.20. The Labute approximate surface area is 178 Å². The number of phenolic OH excluding ortho intramolecular Hbond substituents is 1. The number of rotatable bonds is 4. The van der Waals surface area contributed by atoms with E-state index in [1.54, 1.807) is 20.2 Å². The Morgan fingerprint density at radius 3 is 2.58 bits per heavy atom. The van der Waals surface area contributed by atoms with Gasteiger partial charge in [0.1, 0.15) is 11.5 Å². The summed E-state index contributed by atoms with van der Waals surface area (Å²) in [4.78, 5) is 25.8. The molecular weight excluding hydrogens is 396 g/mol. The molecule has 0 saturated heterocycles. The molecule has 0 radical (unpaired) electrons. The first-order valence-electron chi connectivity index (χ1n) is 9.81. The summed E-state index contributed by atoms with van der Waals surface area (Å²) in [7, 11) is 3.16. The van der Waals surface area contributed by atoms with Crippen LogP contribution in [0.25, 0.3) is 27.8 Å². The highest BCUT2D eigenvalue weighted by Crippen LogP contribution is 2.35. The molecule has 2 N–H and O–H groups in total. The van der Waals surface area contributed by atoms with E-state index in [1.165, 1.54) is 15.5 Å². The van der Waals surface area contributed by atoms with Gasteiger partial charge in [0.15, 0.2) is 5.82 Å². The lowest BCUT2D eigenvalue weighted by molar-refractivity contribution is 0.171. The zero-order chi connectivity index (χ0) is 22.1. The summed E-state index contributed by atoms with van der Waals surface area (Å²) >= 11 is 0. The SMILES string of the molecule is CCc1cc(-c2n[nH]c(=O)n2-c2ccc3ccccc3c2)c(O)cc1OC(=O)N(C)C. The Morgan fingerprint density at radius 2 is 1.87 bits per heavy atom. The summed E-state index contributed by atoms with van der Waals surface area (Å²) in [5.41, 5.74) is 1.25. The zero-order valence-corrected chi connectivity index (χ0v) is 17.4. The highest BCUT2D eigenvalue weighted by atomic mass is 16.6. The molecule has 0 aliphatic rings. The van der Waals surface area contributed by atoms with Gasteiger partial charge in [-0.15, -0.1) is 0 Å². The number of aromatic hydroxyl groups is 1. The number of carbonyl (C=O) groups excluding carboxylic acids is 1. The number of hydrogen-bond acceptors (Lipinski definition) is 5. The lowest BCUT2D eigenvalue weighted by Crippen LogP contribution is -2.25. The van der Waals surface area contributed by atoms with Crippen LogP contribution in [0.15, 0.2) is 59.4 Å². The van der Waals surface area contributed by atoms with Gasteiger partial charge in [0.2, 0.25) is 0 Å². The van der Waals surface area contributed by atoms with Crippen LogP contribution in [-0.4, -0.2) is 45.0 Å². The number of hydrogen-bond donors (Lipinski definition) is 2. The first kappa shape index (κ1) is 20.2. The molecular formula is C23H22N4O4. The predicted molar refractivity (Wildman–Crippen MR) is 118 cm³/mol. The number of carbonyl (C=O) groups is 1. The van der Waals surface area contributed by atoms with Crippen LogP contribution in [0.2, 0.25) is 0 Å². The standard InChI is InChI=1S/C23H22N4O4/c1-4-14-12-18(19(28)13-20(14)31-23(30)26(2)3)21-24-25-22(29)27(21)17-10-9-15-7-5-6-8-16(15)11-17/h5-13,28H,4H2,1-3H3,(H,25,29). The van der Waals surface area contributed by atoms with Crippen LogP contribution < -0.4 is 10.4 Å². The Hall–Kier alpha value is -4.07. The summed E-state index contributed by atoms with van der Waals surface area (Å²) in [5.74, 6) is 0.371. The third kappa shape index (κ3) is 3.75. The Bertz CT molecular complexity index is 1340. The van der Waals surface area contributed by atoms with Gasteiger partial charge >= 0.3 is 11.8 Å². The molecule has 1 heterocycles. The van der Waals surface area contributed by atoms with Crippen LogP contribution in [-0.2, 0) is 6.42 Å². The van der Waals surface area contributed by atoms with E-state index in [-0.39, 0.29) is 17.3 Å². The van der Waals surface area contributed by atoms with E-state index in [1.807, 2.05) is 49.4 Å². The molecule has 0 saturated carbocycles. The Balaban J connectivity index is 1.84. The normalized spacial score (nSPS) is 10.9. The van der Waals surface area contributed by atoms with E-state index in [9.17, 15) is 14.7 Å². The average molecular weight is 418 g/mol. The van der Waals surface area contributed by atoms with E-state index < -0.39 is 11.8 Å². The molecule has 1 amide bonds. The number of phenols is 1. The van der Waals surface area contributed by atoms with E-state index in [0.29, 0.717) is 23.2 Å². The third-order valence-corrected chi connectivity index (χ3v) is 5.03. The van der Waals surface area contributed by atoms with Gasteiger partial charge in [-0.05, 0) is 41.0 Å². The minimum absolute atomic E-state index is 0.153. The second-order valence-electron chi connectivity index (χ2n) is 7.31. The van der Waals surface area contributed by atoms with Crippen molar-refractivity contribution in [3.8, 4) is 28.6 Å². The van der Waals surface area contributed by atoms with E-state index in [4.69, 9.17) is 4.74 Å². The molecule has 3 aromatic carbocycles. The Kier molecular flexibility index (Phi) is 5.21. The van der Waals surface area contributed by atoms with Crippen LogP contribution in [0, 0.1) is 0 Å². The number of H-pyrrole nitrogens is 1. The molecule has 0 fully saturated rings. The van der Waals surface area contributed by atoms with Crippen molar-refractivity contribution in [1.29, 1.82) is 0 Å². The van der Waals surface area contributed by atoms with Gasteiger partial charge in [0.05, 0.1) is 11.3 Å². The Morgan fingerprint density at radius 1 is 1.13 bits per heavy atom. The van der Waals surface area contributed by atoms with Crippen LogP contribution in [0.5, 0.6) is 11.5 Å². The van der Waals surface area contributed by atoms with Gasteiger partial charge in [-0.2, -0.15) is 5.10 Å². The monoisotopic (exact) mass is 418 g/mol. The van der Waals surface area contributed by atoms with Crippen molar-refractivity contribution in [3.05, 3.63) is 70.6 Å². The third-order valence-electron chi connectivity index (χ3n) is 5.03. The number of nitrogens with zero attached hydrogens (tertiary/aromatic N) is 3. The highest BCUT2D eigenvalue weighted by molar-refractivity contribution is 5.84. The van der Waals surface area contributed by atoms with Crippen LogP contribution in [0.3, 0.4) is 0 Å². The molecule has 1 aromatic heterocycles. The number of aryl methyl sites for hydroxylation is 1. The van der Waals surface area contributed by atoms with Gasteiger partial charge in [-0.3, -0.25) is 0 Å². The van der Waals surface area contributed by atoms with E-state index in [0.717, 1.165) is 10.8 Å². The van der Waals surface area contributed by atoms with E-state index in [2.05, 4.69) is 10.2 Å². The fourth-order valence-corrected chi connectivity index (χ4v) is 3.38. The van der Waals surface area contributed by atoms with Crippen molar-refractivity contribution in [2.24, 2.45) is 0 Å². The van der Waals surface area contributed by atoms with Crippen molar-refractivity contribution in [2.75, 3.05) is 14.1 Å². The fourth-order valence-electron chi connectivity index (χ4n) is 3.38. The maximum Gasteiger partial charge on any atom is 0.414 e. The number of nitrogens with one attached hydrogen (secondary N) is 1. The van der Waals surface area contributed by atoms with Crippen LogP contribution >= 0.6 is 0 Å². The molecule has 4 aromatic rings. The minimum atomic E-state index is -0.547. The maximum atomic E-state index is 12.6. The predicted octanol–water partition coefficient (Wildman–Crippen LogP) is 3.71. The summed E-state index contributed by atoms with van der Waals surface area (Å²) in [6, 6.07) is 16.5. The summed E-state index contributed by atoms with van der Waals surface area (Å²) in [6.07, 6.45) is 0.00297. The number of aromatic nitrogens is 3. The molecule has 0 atom stereocenters. The molecule has 0 aliphatic heterocycles. The maximum absolute atomic E-state index is 12.6. The molecule has 8 nitrogen and oxygen atoms in total. The fraction of sp³-hybridized carbons (Fsp3) is 0.174. The number of benzene rings is 3. The van der Waals surface area contributed by atoms with Crippen molar-refractivity contribution in [2.45, 2.75) is 13.3 Å². The van der Waals surface area contributed by atoms with Crippen LogP contribution in [0.1, 0.15) is 12.5 Å². The van der Waals surface area contributed by atoms with Gasteiger partial charge in [0.25, 0.3) is 0 Å². The average Bonchev–Trinajstić information content (AvgIpc) is 3.14. The van der Waals surface area contributed by atoms with Crippen molar-refractivity contribution >= 4 is 16.9 Å². The van der Waals surface area contributed by atoms with Gasteiger partial charge < -0.3 is 14.7 Å². The van der Waals surface area contributed by atoms with Crippen molar-refractivity contribution in [3.63, 3.8) is 0 Å². The van der Waals surface area contributed by atoms with Crippen LogP contribution in [0.4, 0.5) is 4.79 Å². The van der Waals surface area contributed by atoms with Gasteiger partial charge in [-0.25, -0.2) is 19.3 Å². The number of amides is 1. The molecule has 4 rings (SSSR count). The van der Waals surface area contributed by atoms with Crippen molar-refractivity contribution in [1.82, 2.24) is 19.7 Å². The lowest BCUT2D eigenvalue weighted by Gasteiger charge is -2.15. The van der Waals surface area contributed by atoms with Crippen molar-refractivity contribution < 1.29 is 14.6 Å². The first-order valence-corrected chi connectivity index (χ1v) is 9.81. The first-order chi connectivity index (χ1) is 14.9. The zero-order valence-electron chi connectivity index (χ0n) is 17.4. The summed E-state index contributed by atoms with van der Waals surface area (Å²) in [5, 5.41) is 19.3. The molecule has 0 bridgehead atoms. The molecule has 31 heavy (non-hydrogen) atoms. The van der Waals surface area contributed by atoms with E-state index >= 15 is 0 Å². The molecule has 158 valence electrons. The molecule has 0 spiro atoms. The van der Waals surface area contributed by atoms with Gasteiger partial charge in [0, 0.05) is 20.2 Å². The minimum Gasteiger partial charge on any atom is -0.507 e. The number of ether oxygens (including phenoxy) is 1. The smallest absolute Gasteiger partial charge is 0.414 e. The topological polar surface area (TPSA) is 100 Å². The molecule has 8 heteroatoms. The number of fused-ring (bicyclic) bond motifs is 1. The second-order valence-corrected chi connectivity index (χ2v) is 7.31. The second kappa shape index (κ2) is 7.98. The lowest BCUT2D eigenvalue weighted by atomic mass is 10.1. The largest absolute Gasteiger partial charge is 0.507 e. The quantitative estimate of drug-likeness (QED) is 0.526.